The summed E-state index contributed by atoms with van der Waals surface area (Å²) in [5, 5.41) is 0. The van der Waals surface area contributed by atoms with Gasteiger partial charge in [-0.1, -0.05) is 12.1 Å². The van der Waals surface area contributed by atoms with Crippen molar-refractivity contribution in [2.75, 3.05) is 6.54 Å². The summed E-state index contributed by atoms with van der Waals surface area (Å²) in [5.74, 6) is -0.861. The van der Waals surface area contributed by atoms with Crippen LogP contribution in [-0.2, 0) is 16.0 Å². The smallest absolute Gasteiger partial charge is 0.233 e. The van der Waals surface area contributed by atoms with Crippen LogP contribution in [0.2, 0.25) is 0 Å². The molecule has 1 fully saturated rings. The molecular weight excluding hydrogens is 223 g/mol. The number of amides is 2. The van der Waals surface area contributed by atoms with Gasteiger partial charge in [0.1, 0.15) is 5.82 Å². The highest BCUT2D eigenvalue weighted by Crippen LogP contribution is 2.12. The molecule has 5 heteroatoms. The number of halogens is 1. The Hall–Kier alpha value is -1.75. The fourth-order valence-corrected chi connectivity index (χ4v) is 1.85. The number of carbonyl (C=O) groups is 2. The normalized spacial score (nSPS) is 19.8. The van der Waals surface area contributed by atoms with Crippen LogP contribution in [0.4, 0.5) is 4.39 Å². The summed E-state index contributed by atoms with van der Waals surface area (Å²) in [6.07, 6.45) is 0.313. The first kappa shape index (κ1) is 11.7. The van der Waals surface area contributed by atoms with Gasteiger partial charge in [-0.3, -0.25) is 14.5 Å². The number of carbonyl (C=O) groups excluding carboxylic acids is 2. The van der Waals surface area contributed by atoms with Gasteiger partial charge < -0.3 is 5.73 Å². The maximum absolute atomic E-state index is 12.7. The summed E-state index contributed by atoms with van der Waals surface area (Å²) < 4.78 is 12.7. The number of nitrogens with two attached hydrogens (primary N) is 1. The molecule has 1 aromatic rings. The Labute approximate surface area is 98.2 Å². The molecule has 1 aliphatic rings. The summed E-state index contributed by atoms with van der Waals surface area (Å²) in [4.78, 5) is 24.4. The highest BCUT2D eigenvalue weighted by atomic mass is 19.1. The first-order valence-electron chi connectivity index (χ1n) is 5.39. The van der Waals surface area contributed by atoms with Crippen molar-refractivity contribution in [1.82, 2.24) is 4.90 Å². The second-order valence-corrected chi connectivity index (χ2v) is 4.17. The molecule has 90 valence electrons. The zero-order valence-corrected chi connectivity index (χ0v) is 9.23. The number of benzene rings is 1. The number of hydrogen-bond donors (Lipinski definition) is 1. The fourth-order valence-electron chi connectivity index (χ4n) is 1.85. The Bertz CT molecular complexity index is 444. The van der Waals surface area contributed by atoms with Crippen molar-refractivity contribution < 1.29 is 14.0 Å². The predicted molar refractivity (Wildman–Crippen MR) is 59.4 cm³/mol. The van der Waals surface area contributed by atoms with E-state index in [1.54, 1.807) is 0 Å². The second-order valence-electron chi connectivity index (χ2n) is 4.17. The monoisotopic (exact) mass is 236 g/mol. The summed E-state index contributed by atoms with van der Waals surface area (Å²) in [6, 6.07) is 5.39. The van der Waals surface area contributed by atoms with E-state index in [1.165, 1.54) is 29.2 Å². The van der Waals surface area contributed by atoms with E-state index in [2.05, 4.69) is 0 Å². The lowest BCUT2D eigenvalue weighted by atomic mass is 10.1. The lowest BCUT2D eigenvalue weighted by molar-refractivity contribution is -0.141. The van der Waals surface area contributed by atoms with Gasteiger partial charge in [0.25, 0.3) is 0 Å². The first-order chi connectivity index (χ1) is 8.06. The third kappa shape index (κ3) is 2.68. The van der Waals surface area contributed by atoms with Gasteiger partial charge in [0.15, 0.2) is 0 Å². The lowest BCUT2D eigenvalue weighted by Crippen LogP contribution is -2.35. The van der Waals surface area contributed by atoms with Crippen molar-refractivity contribution in [3.05, 3.63) is 35.6 Å². The molecule has 1 heterocycles. The maximum atomic E-state index is 12.7. The molecule has 1 saturated heterocycles. The number of rotatable bonds is 2. The van der Waals surface area contributed by atoms with Crippen molar-refractivity contribution in [3.63, 3.8) is 0 Å². The van der Waals surface area contributed by atoms with Crippen LogP contribution in [0.15, 0.2) is 24.3 Å². The summed E-state index contributed by atoms with van der Waals surface area (Å²) >= 11 is 0. The molecule has 4 nitrogen and oxygen atoms in total. The number of likely N-dealkylation sites (tertiary alicyclic amines) is 1. The van der Waals surface area contributed by atoms with E-state index in [1.807, 2.05) is 0 Å². The molecule has 0 aromatic heterocycles. The maximum Gasteiger partial charge on any atom is 0.233 e. The molecular formula is C12H13FN2O2. The SMILES string of the molecule is NC1CC(=O)N(C(=O)Cc2ccc(F)cc2)C1. The Morgan fingerprint density at radius 2 is 2.06 bits per heavy atom. The van der Waals surface area contributed by atoms with Gasteiger partial charge in [0.05, 0.1) is 6.42 Å². The van der Waals surface area contributed by atoms with Gasteiger partial charge in [-0.25, -0.2) is 4.39 Å². The van der Waals surface area contributed by atoms with Crippen molar-refractivity contribution in [1.29, 1.82) is 0 Å². The van der Waals surface area contributed by atoms with Gasteiger partial charge in [-0.05, 0) is 17.7 Å². The summed E-state index contributed by atoms with van der Waals surface area (Å²) in [5.41, 5.74) is 6.29. The number of nitrogens with zero attached hydrogens (tertiary/aromatic N) is 1. The molecule has 0 radical (unpaired) electrons. The van der Waals surface area contributed by atoms with Crippen molar-refractivity contribution >= 4 is 11.8 Å². The van der Waals surface area contributed by atoms with E-state index in [-0.39, 0.29) is 43.1 Å². The Kier molecular flexibility index (Phi) is 3.19. The minimum atomic E-state index is -0.347. The zero-order valence-electron chi connectivity index (χ0n) is 9.23. The summed E-state index contributed by atoms with van der Waals surface area (Å²) in [6.45, 7) is 0.277. The highest BCUT2D eigenvalue weighted by Gasteiger charge is 2.31. The first-order valence-corrected chi connectivity index (χ1v) is 5.39. The molecule has 2 amide bonds. The van der Waals surface area contributed by atoms with Crippen molar-refractivity contribution in [2.24, 2.45) is 5.73 Å². The van der Waals surface area contributed by atoms with Crippen LogP contribution in [0.1, 0.15) is 12.0 Å². The molecule has 1 unspecified atom stereocenters. The lowest BCUT2D eigenvalue weighted by Gasteiger charge is -2.13. The van der Waals surface area contributed by atoms with E-state index < -0.39 is 0 Å². The topological polar surface area (TPSA) is 63.4 Å². The van der Waals surface area contributed by atoms with Gasteiger partial charge in [-0.2, -0.15) is 0 Å². The Morgan fingerprint density at radius 1 is 1.41 bits per heavy atom. The summed E-state index contributed by atoms with van der Waals surface area (Å²) in [7, 11) is 0. The Balaban J connectivity index is 2.02. The minimum Gasteiger partial charge on any atom is -0.326 e. The second kappa shape index (κ2) is 4.63. The average Bonchev–Trinajstić information content (AvgIpc) is 2.61. The van der Waals surface area contributed by atoms with E-state index >= 15 is 0 Å². The molecule has 0 aliphatic carbocycles. The van der Waals surface area contributed by atoms with E-state index in [0.29, 0.717) is 5.56 Å². The molecule has 1 atom stereocenters. The quantitative estimate of drug-likeness (QED) is 0.811. The third-order valence-corrected chi connectivity index (χ3v) is 2.72. The average molecular weight is 236 g/mol. The van der Waals surface area contributed by atoms with Crippen LogP contribution in [0.25, 0.3) is 0 Å². The van der Waals surface area contributed by atoms with Crippen LogP contribution in [0.5, 0.6) is 0 Å². The van der Waals surface area contributed by atoms with Gasteiger partial charge in [0.2, 0.25) is 11.8 Å². The standard InChI is InChI=1S/C12H13FN2O2/c13-9-3-1-8(2-4-9)5-11(16)15-7-10(14)6-12(15)17/h1-4,10H,5-7,14H2. The van der Waals surface area contributed by atoms with Crippen LogP contribution in [-0.4, -0.2) is 29.3 Å². The molecule has 0 spiro atoms. The van der Waals surface area contributed by atoms with Crippen molar-refractivity contribution in [2.45, 2.75) is 18.9 Å². The molecule has 0 bridgehead atoms. The van der Waals surface area contributed by atoms with Crippen LogP contribution < -0.4 is 5.73 Å². The number of hydrogen-bond acceptors (Lipinski definition) is 3. The molecule has 2 N–H and O–H groups in total. The van der Waals surface area contributed by atoms with E-state index in [0.717, 1.165) is 0 Å². The molecule has 1 aliphatic heterocycles. The van der Waals surface area contributed by atoms with Crippen LogP contribution in [0.3, 0.4) is 0 Å². The Morgan fingerprint density at radius 3 is 2.59 bits per heavy atom. The molecule has 0 saturated carbocycles. The highest BCUT2D eigenvalue weighted by molar-refractivity contribution is 5.98. The fraction of sp³-hybridized carbons (Fsp3) is 0.333. The minimum absolute atomic E-state index is 0.0960. The largest absolute Gasteiger partial charge is 0.326 e. The van der Waals surface area contributed by atoms with E-state index in [9.17, 15) is 14.0 Å². The van der Waals surface area contributed by atoms with Crippen LogP contribution in [0, 0.1) is 5.82 Å². The van der Waals surface area contributed by atoms with Gasteiger partial charge >= 0.3 is 0 Å². The number of imide groups is 1. The predicted octanol–water partition coefficient (Wildman–Crippen LogP) is 0.454. The zero-order chi connectivity index (χ0) is 12.4. The van der Waals surface area contributed by atoms with Crippen LogP contribution >= 0.6 is 0 Å². The van der Waals surface area contributed by atoms with E-state index in [4.69, 9.17) is 5.73 Å². The molecule has 2 rings (SSSR count). The molecule has 17 heavy (non-hydrogen) atoms. The third-order valence-electron chi connectivity index (χ3n) is 2.72. The molecule has 1 aromatic carbocycles. The van der Waals surface area contributed by atoms with Gasteiger partial charge in [0, 0.05) is 19.0 Å². The van der Waals surface area contributed by atoms with Crippen molar-refractivity contribution in [3.8, 4) is 0 Å². The van der Waals surface area contributed by atoms with Gasteiger partial charge in [-0.15, -0.1) is 0 Å².